The Labute approximate surface area is 175 Å². The quantitative estimate of drug-likeness (QED) is 0.697. The second-order valence-electron chi connectivity index (χ2n) is 7.13. The fraction of sp³-hybridized carbons (Fsp3) is 0.182. The van der Waals surface area contributed by atoms with E-state index in [1.165, 1.54) is 41.3 Å². The fourth-order valence-electron chi connectivity index (χ4n) is 3.47. The topological polar surface area (TPSA) is 84.3 Å². The Morgan fingerprint density at radius 3 is 2.48 bits per heavy atom. The van der Waals surface area contributed by atoms with E-state index >= 15 is 0 Å². The number of carbonyl (C=O) groups is 2. The summed E-state index contributed by atoms with van der Waals surface area (Å²) in [5, 5.41) is 6.45. The normalized spacial score (nSPS) is 13.5. The smallest absolute Gasteiger partial charge is 0.280 e. The summed E-state index contributed by atoms with van der Waals surface area (Å²) in [6.07, 6.45) is 1.02. The van der Waals surface area contributed by atoms with Gasteiger partial charge >= 0.3 is 0 Å². The highest BCUT2D eigenvalue weighted by molar-refractivity contribution is 6.03. The molecule has 1 saturated heterocycles. The van der Waals surface area contributed by atoms with Crippen molar-refractivity contribution < 1.29 is 18.4 Å². The molecule has 2 amide bonds. The van der Waals surface area contributed by atoms with E-state index in [0.29, 0.717) is 25.1 Å². The first kappa shape index (κ1) is 20.4. The molecular formula is C22H18F2N4O3. The van der Waals surface area contributed by atoms with Gasteiger partial charge in [0.1, 0.15) is 17.3 Å². The molecule has 0 spiro atoms. The zero-order chi connectivity index (χ0) is 22.1. The molecule has 3 aromatic rings. The van der Waals surface area contributed by atoms with Crippen LogP contribution in [0.4, 0.5) is 20.2 Å². The number of carbonyl (C=O) groups excluding carboxylic acids is 2. The van der Waals surface area contributed by atoms with Crippen molar-refractivity contribution in [2.75, 3.05) is 16.8 Å². The summed E-state index contributed by atoms with van der Waals surface area (Å²) in [5.74, 6) is -2.26. The highest BCUT2D eigenvalue weighted by atomic mass is 19.1. The molecule has 1 aromatic heterocycles. The first-order chi connectivity index (χ1) is 14.8. The van der Waals surface area contributed by atoms with Crippen LogP contribution in [0.15, 0.2) is 53.3 Å². The number of halogens is 2. The number of nitrogens with one attached hydrogen (secondary N) is 1. The molecule has 31 heavy (non-hydrogen) atoms. The predicted octanol–water partition coefficient (Wildman–Crippen LogP) is 3.20. The highest BCUT2D eigenvalue weighted by Crippen LogP contribution is 2.27. The van der Waals surface area contributed by atoms with E-state index in [0.717, 1.165) is 10.7 Å². The Morgan fingerprint density at radius 1 is 1.03 bits per heavy atom. The zero-order valence-corrected chi connectivity index (χ0v) is 16.6. The number of aryl methyl sites for hydroxylation is 1. The number of benzene rings is 2. The maximum atomic E-state index is 14.5. The third-order valence-corrected chi connectivity index (χ3v) is 4.97. The lowest BCUT2D eigenvalue weighted by Gasteiger charge is -2.17. The number of hydrogen-bond donors (Lipinski definition) is 1. The molecule has 4 rings (SSSR count). The van der Waals surface area contributed by atoms with Crippen molar-refractivity contribution in [3.05, 3.63) is 81.8 Å². The Kier molecular flexibility index (Phi) is 5.33. The SMILES string of the molecule is Cc1cc(=O)c(C(=O)Nc2ccc(N3CCCC3=O)c(F)c2)nn1-c1ccccc1F. The number of amides is 2. The summed E-state index contributed by atoms with van der Waals surface area (Å²) in [7, 11) is 0. The standard InChI is InChI=1S/C22H18F2N4O3/c1-13-11-19(29)21(26-28(13)18-6-3-2-5-15(18)23)22(31)25-14-8-9-17(16(24)12-14)27-10-4-7-20(27)30/h2-3,5-6,8-9,11-12H,4,7,10H2,1H3,(H,25,31). The fourth-order valence-corrected chi connectivity index (χ4v) is 3.47. The van der Waals surface area contributed by atoms with Crippen molar-refractivity contribution in [3.63, 3.8) is 0 Å². The molecule has 2 aromatic carbocycles. The van der Waals surface area contributed by atoms with Crippen molar-refractivity contribution in [3.8, 4) is 5.69 Å². The van der Waals surface area contributed by atoms with Crippen molar-refractivity contribution in [1.82, 2.24) is 9.78 Å². The molecule has 7 nitrogen and oxygen atoms in total. The monoisotopic (exact) mass is 424 g/mol. The average molecular weight is 424 g/mol. The number of hydrogen-bond acceptors (Lipinski definition) is 4. The van der Waals surface area contributed by atoms with Gasteiger partial charge in [0, 0.05) is 30.4 Å². The van der Waals surface area contributed by atoms with Gasteiger partial charge in [-0.3, -0.25) is 14.4 Å². The average Bonchev–Trinajstić information content (AvgIpc) is 3.14. The molecular weight excluding hydrogens is 406 g/mol. The van der Waals surface area contributed by atoms with Gasteiger partial charge in [0.05, 0.1) is 5.69 Å². The van der Waals surface area contributed by atoms with Crippen LogP contribution < -0.4 is 15.6 Å². The molecule has 0 radical (unpaired) electrons. The van der Waals surface area contributed by atoms with Crippen LogP contribution in [0.3, 0.4) is 0 Å². The van der Waals surface area contributed by atoms with Crippen LogP contribution >= 0.6 is 0 Å². The molecule has 1 fully saturated rings. The van der Waals surface area contributed by atoms with E-state index in [2.05, 4.69) is 10.4 Å². The van der Waals surface area contributed by atoms with Crippen LogP contribution in [0, 0.1) is 18.6 Å². The van der Waals surface area contributed by atoms with Crippen molar-refractivity contribution >= 4 is 23.2 Å². The molecule has 1 aliphatic heterocycles. The van der Waals surface area contributed by atoms with Gasteiger partial charge in [0.15, 0.2) is 5.69 Å². The molecule has 1 aliphatic rings. The Bertz CT molecular complexity index is 1260. The molecule has 0 unspecified atom stereocenters. The molecule has 2 heterocycles. The van der Waals surface area contributed by atoms with Crippen LogP contribution in [-0.4, -0.2) is 28.1 Å². The lowest BCUT2D eigenvalue weighted by atomic mass is 10.2. The minimum atomic E-state index is -0.862. The first-order valence-electron chi connectivity index (χ1n) is 9.62. The highest BCUT2D eigenvalue weighted by Gasteiger charge is 2.24. The van der Waals surface area contributed by atoms with E-state index in [9.17, 15) is 23.2 Å². The Hall–Kier alpha value is -3.88. The van der Waals surface area contributed by atoms with Crippen LogP contribution in [0.2, 0.25) is 0 Å². The van der Waals surface area contributed by atoms with Crippen molar-refractivity contribution in [1.29, 1.82) is 0 Å². The van der Waals surface area contributed by atoms with E-state index in [1.807, 2.05) is 0 Å². The Balaban J connectivity index is 1.63. The summed E-state index contributed by atoms with van der Waals surface area (Å²) in [4.78, 5) is 38.2. The molecule has 0 atom stereocenters. The van der Waals surface area contributed by atoms with Crippen LogP contribution in [0.25, 0.3) is 5.69 Å². The van der Waals surface area contributed by atoms with Gasteiger partial charge in [0.25, 0.3) is 5.91 Å². The molecule has 0 aliphatic carbocycles. The summed E-state index contributed by atoms with van der Waals surface area (Å²) in [6.45, 7) is 2.00. The van der Waals surface area contributed by atoms with Gasteiger partial charge in [-0.25, -0.2) is 13.5 Å². The third-order valence-electron chi connectivity index (χ3n) is 4.97. The second-order valence-corrected chi connectivity index (χ2v) is 7.13. The minimum Gasteiger partial charge on any atom is -0.320 e. The summed E-state index contributed by atoms with van der Waals surface area (Å²) < 4.78 is 29.8. The second kappa shape index (κ2) is 8.10. The van der Waals surface area contributed by atoms with Crippen molar-refractivity contribution in [2.45, 2.75) is 19.8 Å². The van der Waals surface area contributed by atoms with Crippen molar-refractivity contribution in [2.24, 2.45) is 0 Å². The maximum Gasteiger partial charge on any atom is 0.280 e. The number of para-hydroxylation sites is 1. The Morgan fingerprint density at radius 2 is 1.81 bits per heavy atom. The van der Waals surface area contributed by atoms with E-state index in [1.54, 1.807) is 13.0 Å². The largest absolute Gasteiger partial charge is 0.320 e. The van der Waals surface area contributed by atoms with E-state index in [-0.39, 0.29) is 23.0 Å². The summed E-state index contributed by atoms with van der Waals surface area (Å²) in [6, 6.07) is 10.9. The van der Waals surface area contributed by atoms with Crippen LogP contribution in [0.5, 0.6) is 0 Å². The molecule has 0 saturated carbocycles. The van der Waals surface area contributed by atoms with Gasteiger partial charge < -0.3 is 10.2 Å². The number of anilines is 2. The van der Waals surface area contributed by atoms with Gasteiger partial charge in [-0.15, -0.1) is 0 Å². The van der Waals surface area contributed by atoms with Crippen LogP contribution in [-0.2, 0) is 4.79 Å². The predicted molar refractivity (Wildman–Crippen MR) is 110 cm³/mol. The first-order valence-corrected chi connectivity index (χ1v) is 9.62. The minimum absolute atomic E-state index is 0.0831. The third kappa shape index (κ3) is 3.94. The molecule has 158 valence electrons. The summed E-state index contributed by atoms with van der Waals surface area (Å²) in [5.41, 5.74) is -0.458. The molecule has 9 heteroatoms. The van der Waals surface area contributed by atoms with Crippen LogP contribution in [0.1, 0.15) is 29.0 Å². The number of rotatable bonds is 4. The van der Waals surface area contributed by atoms with E-state index in [4.69, 9.17) is 0 Å². The lowest BCUT2D eigenvalue weighted by Crippen LogP contribution is -2.27. The van der Waals surface area contributed by atoms with E-state index < -0.39 is 28.7 Å². The van der Waals surface area contributed by atoms with Gasteiger partial charge in [-0.2, -0.15) is 5.10 Å². The zero-order valence-electron chi connectivity index (χ0n) is 16.6. The maximum absolute atomic E-state index is 14.5. The molecule has 0 bridgehead atoms. The van der Waals surface area contributed by atoms with Gasteiger partial charge in [0.2, 0.25) is 11.3 Å². The summed E-state index contributed by atoms with van der Waals surface area (Å²) >= 11 is 0. The number of nitrogens with zero attached hydrogens (tertiary/aromatic N) is 3. The number of aromatic nitrogens is 2. The van der Waals surface area contributed by atoms with Gasteiger partial charge in [-0.1, -0.05) is 12.1 Å². The lowest BCUT2D eigenvalue weighted by molar-refractivity contribution is -0.117. The molecule has 1 N–H and O–H groups in total. The van der Waals surface area contributed by atoms with Gasteiger partial charge in [-0.05, 0) is 43.7 Å².